The molecule has 0 atom stereocenters. The minimum Gasteiger partial charge on any atom is -0.350 e. The first-order valence-electron chi connectivity index (χ1n) is 7.53. The van der Waals surface area contributed by atoms with Gasteiger partial charge in [-0.1, -0.05) is 6.42 Å². The highest BCUT2D eigenvalue weighted by Gasteiger charge is 2.17. The van der Waals surface area contributed by atoms with Crippen LogP contribution in [0.3, 0.4) is 0 Å². The van der Waals surface area contributed by atoms with Gasteiger partial charge in [-0.3, -0.25) is 9.59 Å². The minimum atomic E-state index is -0.0162. The lowest BCUT2D eigenvalue weighted by Crippen LogP contribution is -2.34. The third kappa shape index (κ3) is 4.81. The SMILES string of the molecule is Cc1nc(CNC(=O)CCN2CCCCCC2=O)sc1C. The van der Waals surface area contributed by atoms with Gasteiger partial charge < -0.3 is 10.2 Å². The highest BCUT2D eigenvalue weighted by molar-refractivity contribution is 7.11. The molecule has 0 spiro atoms. The van der Waals surface area contributed by atoms with Crippen molar-refractivity contribution in [2.75, 3.05) is 13.1 Å². The molecule has 0 unspecified atom stereocenters. The molecule has 1 aliphatic heterocycles. The zero-order valence-electron chi connectivity index (χ0n) is 12.8. The first kappa shape index (κ1) is 15.9. The van der Waals surface area contributed by atoms with Gasteiger partial charge in [-0.15, -0.1) is 11.3 Å². The summed E-state index contributed by atoms with van der Waals surface area (Å²) in [6, 6.07) is 0. The van der Waals surface area contributed by atoms with E-state index in [1.165, 1.54) is 4.88 Å². The van der Waals surface area contributed by atoms with E-state index in [2.05, 4.69) is 10.3 Å². The average molecular weight is 309 g/mol. The molecule has 116 valence electrons. The Bertz CT molecular complexity index is 494. The zero-order valence-corrected chi connectivity index (χ0v) is 13.6. The lowest BCUT2D eigenvalue weighted by atomic mass is 10.2. The predicted octanol–water partition coefficient (Wildman–Crippen LogP) is 2.17. The fourth-order valence-electron chi connectivity index (χ4n) is 2.39. The van der Waals surface area contributed by atoms with Crippen molar-refractivity contribution in [3.63, 3.8) is 0 Å². The van der Waals surface area contributed by atoms with E-state index in [1.54, 1.807) is 11.3 Å². The number of thiazole rings is 1. The minimum absolute atomic E-state index is 0.0162. The average Bonchev–Trinajstić information content (AvgIpc) is 2.65. The van der Waals surface area contributed by atoms with Crippen molar-refractivity contribution in [1.29, 1.82) is 0 Å². The monoisotopic (exact) mass is 309 g/mol. The number of hydrogen-bond acceptors (Lipinski definition) is 4. The maximum atomic E-state index is 11.9. The van der Waals surface area contributed by atoms with E-state index >= 15 is 0 Å². The van der Waals surface area contributed by atoms with Crippen LogP contribution in [0.4, 0.5) is 0 Å². The number of nitrogens with one attached hydrogen (secondary N) is 1. The molecule has 6 heteroatoms. The van der Waals surface area contributed by atoms with Gasteiger partial charge >= 0.3 is 0 Å². The Morgan fingerprint density at radius 1 is 1.33 bits per heavy atom. The number of carbonyl (C=O) groups is 2. The summed E-state index contributed by atoms with van der Waals surface area (Å²) >= 11 is 1.62. The van der Waals surface area contributed by atoms with Crippen molar-refractivity contribution in [3.8, 4) is 0 Å². The van der Waals surface area contributed by atoms with Crippen molar-refractivity contribution >= 4 is 23.2 Å². The molecule has 1 aromatic heterocycles. The van der Waals surface area contributed by atoms with Gasteiger partial charge in [0.1, 0.15) is 5.01 Å². The third-order valence-electron chi connectivity index (χ3n) is 3.79. The summed E-state index contributed by atoms with van der Waals surface area (Å²) in [7, 11) is 0. The van der Waals surface area contributed by atoms with E-state index in [4.69, 9.17) is 0 Å². The number of nitrogens with zero attached hydrogens (tertiary/aromatic N) is 2. The van der Waals surface area contributed by atoms with Crippen molar-refractivity contribution < 1.29 is 9.59 Å². The third-order valence-corrected chi connectivity index (χ3v) is 4.86. The predicted molar refractivity (Wildman–Crippen MR) is 83.1 cm³/mol. The molecule has 0 radical (unpaired) electrons. The summed E-state index contributed by atoms with van der Waals surface area (Å²) in [4.78, 5) is 31.1. The first-order chi connectivity index (χ1) is 10.1. The molecule has 1 fully saturated rings. The second kappa shape index (κ2) is 7.54. The summed E-state index contributed by atoms with van der Waals surface area (Å²) in [6.45, 7) is 5.80. The number of aromatic nitrogens is 1. The van der Waals surface area contributed by atoms with Gasteiger partial charge in [0, 0.05) is 30.8 Å². The molecule has 2 rings (SSSR count). The van der Waals surface area contributed by atoms with Gasteiger partial charge in [0.15, 0.2) is 0 Å². The molecule has 0 aliphatic carbocycles. The summed E-state index contributed by atoms with van der Waals surface area (Å²) in [5.41, 5.74) is 1.03. The highest BCUT2D eigenvalue weighted by Crippen LogP contribution is 2.16. The lowest BCUT2D eigenvalue weighted by Gasteiger charge is -2.19. The fourth-order valence-corrected chi connectivity index (χ4v) is 3.26. The maximum absolute atomic E-state index is 11.9. The number of hydrogen-bond donors (Lipinski definition) is 1. The Hall–Kier alpha value is -1.43. The molecule has 5 nitrogen and oxygen atoms in total. The van der Waals surface area contributed by atoms with E-state index in [9.17, 15) is 9.59 Å². The molecule has 0 aromatic carbocycles. The Kier molecular flexibility index (Phi) is 5.73. The van der Waals surface area contributed by atoms with Crippen LogP contribution in [-0.2, 0) is 16.1 Å². The molecule has 1 aliphatic rings. The van der Waals surface area contributed by atoms with E-state index in [0.29, 0.717) is 25.9 Å². The zero-order chi connectivity index (χ0) is 15.2. The topological polar surface area (TPSA) is 62.3 Å². The second-order valence-corrected chi connectivity index (χ2v) is 6.76. The number of aryl methyl sites for hydroxylation is 2. The molecular formula is C15H23N3O2S. The first-order valence-corrected chi connectivity index (χ1v) is 8.35. The molecule has 0 saturated carbocycles. The summed E-state index contributed by atoms with van der Waals surface area (Å²) in [5.74, 6) is 0.170. The van der Waals surface area contributed by atoms with Crippen LogP contribution in [0, 0.1) is 13.8 Å². The van der Waals surface area contributed by atoms with Crippen LogP contribution in [0.25, 0.3) is 0 Å². The molecule has 0 bridgehead atoms. The van der Waals surface area contributed by atoms with Crippen molar-refractivity contribution in [1.82, 2.24) is 15.2 Å². The van der Waals surface area contributed by atoms with Crippen LogP contribution >= 0.6 is 11.3 Å². The quantitative estimate of drug-likeness (QED) is 0.906. The Balaban J connectivity index is 1.73. The molecule has 2 amide bonds. The van der Waals surface area contributed by atoms with Gasteiger partial charge in [0.05, 0.1) is 12.2 Å². The lowest BCUT2D eigenvalue weighted by molar-refractivity contribution is -0.131. The van der Waals surface area contributed by atoms with Crippen LogP contribution in [0.2, 0.25) is 0 Å². The van der Waals surface area contributed by atoms with E-state index in [0.717, 1.165) is 36.5 Å². The van der Waals surface area contributed by atoms with E-state index < -0.39 is 0 Å². The van der Waals surface area contributed by atoms with Gasteiger partial charge in [-0.05, 0) is 26.7 Å². The van der Waals surface area contributed by atoms with Gasteiger partial charge in [-0.25, -0.2) is 4.98 Å². The summed E-state index contributed by atoms with van der Waals surface area (Å²) in [6.07, 6.45) is 4.13. The van der Waals surface area contributed by atoms with Crippen LogP contribution in [0.5, 0.6) is 0 Å². The molecule has 1 saturated heterocycles. The Labute approximate surface area is 129 Å². The van der Waals surface area contributed by atoms with Crippen LogP contribution < -0.4 is 5.32 Å². The van der Waals surface area contributed by atoms with Crippen molar-refractivity contribution in [3.05, 3.63) is 15.6 Å². The number of amides is 2. The largest absolute Gasteiger partial charge is 0.350 e. The standard InChI is InChI=1S/C15H23N3O2S/c1-11-12(2)21-14(17-11)10-16-13(19)7-9-18-8-5-3-4-6-15(18)20/h3-10H2,1-2H3,(H,16,19). The fraction of sp³-hybridized carbons (Fsp3) is 0.667. The van der Waals surface area contributed by atoms with Gasteiger partial charge in [0.2, 0.25) is 11.8 Å². The van der Waals surface area contributed by atoms with Crippen molar-refractivity contribution in [2.24, 2.45) is 0 Å². The molecule has 1 aromatic rings. The number of likely N-dealkylation sites (tertiary alicyclic amines) is 1. The molecule has 2 heterocycles. The van der Waals surface area contributed by atoms with E-state index in [1.807, 2.05) is 18.7 Å². The van der Waals surface area contributed by atoms with Gasteiger partial charge in [0.25, 0.3) is 0 Å². The summed E-state index contributed by atoms with van der Waals surface area (Å²) in [5, 5.41) is 3.81. The van der Waals surface area contributed by atoms with Crippen LogP contribution in [-0.4, -0.2) is 34.8 Å². The molecule has 21 heavy (non-hydrogen) atoms. The maximum Gasteiger partial charge on any atom is 0.222 e. The van der Waals surface area contributed by atoms with E-state index in [-0.39, 0.29) is 11.8 Å². The normalized spacial score (nSPS) is 15.9. The Morgan fingerprint density at radius 3 is 2.86 bits per heavy atom. The smallest absolute Gasteiger partial charge is 0.222 e. The molecular weight excluding hydrogens is 286 g/mol. The van der Waals surface area contributed by atoms with Crippen molar-refractivity contribution in [2.45, 2.75) is 52.5 Å². The second-order valence-electron chi connectivity index (χ2n) is 5.47. The number of rotatable bonds is 5. The summed E-state index contributed by atoms with van der Waals surface area (Å²) < 4.78 is 0. The molecule has 1 N–H and O–H groups in total. The Morgan fingerprint density at radius 2 is 2.14 bits per heavy atom. The number of carbonyl (C=O) groups excluding carboxylic acids is 2. The van der Waals surface area contributed by atoms with Crippen LogP contribution in [0.1, 0.15) is 47.7 Å². The highest BCUT2D eigenvalue weighted by atomic mass is 32.1. The van der Waals surface area contributed by atoms with Gasteiger partial charge in [-0.2, -0.15) is 0 Å². The van der Waals surface area contributed by atoms with Crippen LogP contribution in [0.15, 0.2) is 0 Å².